The summed E-state index contributed by atoms with van der Waals surface area (Å²) >= 11 is 0. The second-order valence-corrected chi connectivity index (χ2v) is 11.0. The Kier molecular flexibility index (Phi) is 16.4. The van der Waals surface area contributed by atoms with Crippen molar-refractivity contribution < 1.29 is 19.4 Å². The number of ether oxygens (including phenoxy) is 2. The summed E-state index contributed by atoms with van der Waals surface area (Å²) in [7, 11) is 3.13. The van der Waals surface area contributed by atoms with E-state index in [1.165, 1.54) is 96.6 Å². The number of hydrogen-bond acceptors (Lipinski definition) is 5. The lowest BCUT2D eigenvalue weighted by molar-refractivity contribution is -0.122. The van der Waals surface area contributed by atoms with Crippen LogP contribution in [0.2, 0.25) is 0 Å². The van der Waals surface area contributed by atoms with E-state index in [0.29, 0.717) is 17.1 Å². The van der Waals surface area contributed by atoms with E-state index in [2.05, 4.69) is 11.8 Å². The second-order valence-electron chi connectivity index (χ2n) is 11.0. The number of Topliss-reactive ketones (excluding diaryl/α,β-unsaturated/α-hetero) is 1. The fraction of sp³-hybridized carbons (Fsp3) is 0.781. The van der Waals surface area contributed by atoms with Crippen molar-refractivity contribution in [2.45, 2.75) is 122 Å². The average molecular weight is 518 g/mol. The van der Waals surface area contributed by atoms with Crippen molar-refractivity contribution in [3.8, 4) is 17.2 Å². The predicted molar refractivity (Wildman–Crippen MR) is 154 cm³/mol. The predicted octanol–water partition coefficient (Wildman–Crippen LogP) is 8.10. The van der Waals surface area contributed by atoms with E-state index in [-0.39, 0.29) is 23.9 Å². The van der Waals surface area contributed by atoms with Crippen molar-refractivity contribution >= 4 is 5.78 Å². The third kappa shape index (κ3) is 12.6. The Balaban J connectivity index is 1.83. The molecular weight excluding hydrogens is 462 g/mol. The summed E-state index contributed by atoms with van der Waals surface area (Å²) in [5.41, 5.74) is 0.577. The molecule has 2 rings (SSSR count). The minimum absolute atomic E-state index is 0.0505. The first-order valence-electron chi connectivity index (χ1n) is 15.3. The van der Waals surface area contributed by atoms with Gasteiger partial charge in [-0.3, -0.25) is 4.79 Å². The van der Waals surface area contributed by atoms with Crippen LogP contribution in [0.3, 0.4) is 0 Å². The van der Waals surface area contributed by atoms with Gasteiger partial charge in [0.25, 0.3) is 0 Å². The molecule has 0 amide bonds. The van der Waals surface area contributed by atoms with Crippen LogP contribution >= 0.6 is 0 Å². The number of unbranched alkanes of at least 4 members (excludes halogenated alkanes) is 10. The Morgan fingerprint density at radius 3 is 2.03 bits per heavy atom. The Morgan fingerprint density at radius 1 is 0.838 bits per heavy atom. The number of aromatic hydroxyl groups is 1. The summed E-state index contributed by atoms with van der Waals surface area (Å²) in [6.07, 6.45) is 21.6. The van der Waals surface area contributed by atoms with Crippen LogP contribution in [0.15, 0.2) is 12.1 Å². The van der Waals surface area contributed by atoms with Crippen LogP contribution in [0.25, 0.3) is 0 Å². The molecule has 1 aliphatic heterocycles. The Bertz CT molecular complexity index is 745. The zero-order valence-electron chi connectivity index (χ0n) is 24.2. The molecule has 1 aromatic rings. The fourth-order valence-corrected chi connectivity index (χ4v) is 5.67. The van der Waals surface area contributed by atoms with Gasteiger partial charge in [0.15, 0.2) is 0 Å². The van der Waals surface area contributed by atoms with Crippen LogP contribution in [0.4, 0.5) is 0 Å². The molecule has 1 aliphatic rings. The van der Waals surface area contributed by atoms with Crippen molar-refractivity contribution in [3.63, 3.8) is 0 Å². The summed E-state index contributed by atoms with van der Waals surface area (Å²) in [5, 5.41) is 10.6. The normalized spacial score (nSPS) is 15.0. The van der Waals surface area contributed by atoms with E-state index < -0.39 is 0 Å². The maximum Gasteiger partial charge on any atom is 0.140 e. The number of carbonyl (C=O) groups is 1. The summed E-state index contributed by atoms with van der Waals surface area (Å²) in [5.74, 6) is 1.40. The van der Waals surface area contributed by atoms with Crippen molar-refractivity contribution in [2.75, 3.05) is 33.9 Å². The Hall–Kier alpha value is -1.75. The van der Waals surface area contributed by atoms with E-state index >= 15 is 0 Å². The largest absolute Gasteiger partial charge is 0.507 e. The summed E-state index contributed by atoms with van der Waals surface area (Å²) < 4.78 is 10.7. The van der Waals surface area contributed by atoms with Gasteiger partial charge >= 0.3 is 0 Å². The van der Waals surface area contributed by atoms with Crippen LogP contribution in [-0.2, 0) is 11.2 Å². The molecule has 1 heterocycles. The van der Waals surface area contributed by atoms with Gasteiger partial charge in [-0.2, -0.15) is 0 Å². The number of nitrogens with zero attached hydrogens (tertiary/aromatic N) is 1. The van der Waals surface area contributed by atoms with Gasteiger partial charge in [0.1, 0.15) is 23.0 Å². The third-order valence-electron chi connectivity index (χ3n) is 8.05. The number of methoxy groups -OCH3 is 2. The third-order valence-corrected chi connectivity index (χ3v) is 8.05. The maximum absolute atomic E-state index is 13.5. The molecule has 5 nitrogen and oxygen atoms in total. The van der Waals surface area contributed by atoms with Crippen molar-refractivity contribution in [3.05, 3.63) is 17.7 Å². The summed E-state index contributed by atoms with van der Waals surface area (Å²) in [4.78, 5) is 16.0. The van der Waals surface area contributed by atoms with Gasteiger partial charge in [-0.15, -0.1) is 0 Å². The van der Waals surface area contributed by atoms with Gasteiger partial charge in [0, 0.05) is 30.0 Å². The number of hydrogen-bond donors (Lipinski definition) is 1. The second kappa shape index (κ2) is 19.3. The summed E-state index contributed by atoms with van der Waals surface area (Å²) in [6, 6.07) is 3.32. The standard InChI is InChI=1S/C32H55NO4/c1-4-5-6-7-8-9-10-11-12-13-15-19-27(20-18-23-33-21-16-14-17-22-33)30(34)26-29-31(35)24-28(36-2)25-32(29)37-3/h24-25,27,35H,4-23,26H2,1-3H3. The van der Waals surface area contributed by atoms with Gasteiger partial charge in [-0.1, -0.05) is 84.0 Å². The Labute approximate surface area is 227 Å². The van der Waals surface area contributed by atoms with Crippen LogP contribution < -0.4 is 9.47 Å². The number of ketones is 1. The lowest BCUT2D eigenvalue weighted by Gasteiger charge is -2.27. The zero-order chi connectivity index (χ0) is 26.7. The SMILES string of the molecule is CCCCCCCCCCCCCC(CCCN1CCCCC1)C(=O)Cc1c(O)cc(OC)cc1OC. The molecule has 0 aromatic heterocycles. The fourth-order valence-electron chi connectivity index (χ4n) is 5.67. The molecule has 0 spiro atoms. The smallest absolute Gasteiger partial charge is 0.140 e. The number of likely N-dealkylation sites (tertiary alicyclic amines) is 1. The highest BCUT2D eigenvalue weighted by Gasteiger charge is 2.23. The van der Waals surface area contributed by atoms with Crippen LogP contribution in [0.1, 0.15) is 122 Å². The summed E-state index contributed by atoms with van der Waals surface area (Å²) in [6.45, 7) is 5.77. The zero-order valence-corrected chi connectivity index (χ0v) is 24.2. The van der Waals surface area contributed by atoms with Gasteiger partial charge in [0.2, 0.25) is 0 Å². The van der Waals surface area contributed by atoms with Crippen LogP contribution in [-0.4, -0.2) is 49.6 Å². The number of rotatable bonds is 21. The van der Waals surface area contributed by atoms with Gasteiger partial charge in [-0.05, 0) is 51.7 Å². The van der Waals surface area contributed by atoms with Crippen molar-refractivity contribution in [1.29, 1.82) is 0 Å². The topological polar surface area (TPSA) is 59.0 Å². The number of phenolic OH excluding ortho intramolecular Hbond substituents is 1. The van der Waals surface area contributed by atoms with Crippen molar-refractivity contribution in [1.82, 2.24) is 4.90 Å². The molecule has 1 atom stereocenters. The molecule has 1 saturated heterocycles. The first kappa shape index (κ1) is 31.5. The van der Waals surface area contributed by atoms with Crippen LogP contribution in [0, 0.1) is 5.92 Å². The van der Waals surface area contributed by atoms with Gasteiger partial charge in [-0.25, -0.2) is 0 Å². The van der Waals surface area contributed by atoms with Gasteiger partial charge < -0.3 is 19.5 Å². The van der Waals surface area contributed by atoms with E-state index in [1.807, 2.05) is 0 Å². The van der Waals surface area contributed by atoms with Crippen molar-refractivity contribution in [2.24, 2.45) is 5.92 Å². The maximum atomic E-state index is 13.5. The van der Waals surface area contributed by atoms with E-state index in [4.69, 9.17) is 9.47 Å². The molecule has 1 fully saturated rings. The molecule has 1 aromatic carbocycles. The lowest BCUT2D eigenvalue weighted by Crippen LogP contribution is -2.31. The first-order chi connectivity index (χ1) is 18.1. The highest BCUT2D eigenvalue weighted by Crippen LogP contribution is 2.35. The molecule has 0 saturated carbocycles. The molecule has 1 unspecified atom stereocenters. The number of benzene rings is 1. The quantitative estimate of drug-likeness (QED) is 0.167. The lowest BCUT2D eigenvalue weighted by atomic mass is 9.88. The molecule has 0 aliphatic carbocycles. The van der Waals surface area contributed by atoms with E-state index in [0.717, 1.165) is 32.2 Å². The molecule has 37 heavy (non-hydrogen) atoms. The molecule has 0 bridgehead atoms. The molecule has 1 N–H and O–H groups in total. The van der Waals surface area contributed by atoms with E-state index in [9.17, 15) is 9.90 Å². The number of carbonyl (C=O) groups excluding carboxylic acids is 1. The molecule has 5 heteroatoms. The monoisotopic (exact) mass is 517 g/mol. The average Bonchev–Trinajstić information content (AvgIpc) is 2.92. The molecule has 0 radical (unpaired) electrons. The Morgan fingerprint density at radius 2 is 1.43 bits per heavy atom. The highest BCUT2D eigenvalue weighted by atomic mass is 16.5. The molecule has 212 valence electrons. The first-order valence-corrected chi connectivity index (χ1v) is 15.3. The van der Waals surface area contributed by atoms with Crippen LogP contribution in [0.5, 0.6) is 17.2 Å². The number of piperidine rings is 1. The minimum Gasteiger partial charge on any atom is -0.507 e. The minimum atomic E-state index is 0.0505. The number of phenols is 1. The molecular formula is C32H55NO4. The van der Waals surface area contributed by atoms with E-state index in [1.54, 1.807) is 26.4 Å². The van der Waals surface area contributed by atoms with Gasteiger partial charge in [0.05, 0.1) is 14.2 Å². The highest BCUT2D eigenvalue weighted by molar-refractivity contribution is 5.84.